The second-order valence-corrected chi connectivity index (χ2v) is 3.77. The van der Waals surface area contributed by atoms with E-state index in [-0.39, 0.29) is 11.6 Å². The molecule has 3 rings (SSSR count). The molecule has 0 bridgehead atoms. The minimum Gasteiger partial charge on any atom is -0.207 e. The quantitative estimate of drug-likeness (QED) is 0.490. The van der Waals surface area contributed by atoms with Crippen LogP contribution in [0.3, 0.4) is 0 Å². The molecule has 0 nitrogen and oxygen atoms in total. The minimum absolute atomic E-state index is 0.311. The van der Waals surface area contributed by atoms with Crippen molar-refractivity contribution in [2.45, 2.75) is 0 Å². The highest BCUT2D eigenvalue weighted by Gasteiger charge is 2.06. The van der Waals surface area contributed by atoms with E-state index in [9.17, 15) is 8.78 Å². The molecular weight excluding hydrogens is 206 g/mol. The van der Waals surface area contributed by atoms with E-state index in [4.69, 9.17) is 0 Å². The Kier molecular flexibility index (Phi) is 1.90. The molecular formula is C14H8F2. The van der Waals surface area contributed by atoms with Gasteiger partial charge < -0.3 is 0 Å². The monoisotopic (exact) mass is 214 g/mol. The summed E-state index contributed by atoms with van der Waals surface area (Å²) in [6, 6.07) is 13.0. The summed E-state index contributed by atoms with van der Waals surface area (Å²) in [6.07, 6.45) is 0. The van der Waals surface area contributed by atoms with Crippen LogP contribution in [0.25, 0.3) is 21.5 Å². The van der Waals surface area contributed by atoms with Gasteiger partial charge in [0.15, 0.2) is 0 Å². The molecule has 78 valence electrons. The Balaban J connectivity index is 2.59. The molecule has 0 N–H and O–H groups in total. The van der Waals surface area contributed by atoms with Gasteiger partial charge in [0, 0.05) is 5.39 Å². The molecule has 3 aromatic carbocycles. The topological polar surface area (TPSA) is 0 Å². The molecule has 0 aliphatic rings. The van der Waals surface area contributed by atoms with Crippen LogP contribution >= 0.6 is 0 Å². The Morgan fingerprint density at radius 1 is 0.688 bits per heavy atom. The van der Waals surface area contributed by atoms with Gasteiger partial charge in [0.2, 0.25) is 0 Å². The maximum atomic E-state index is 13.7. The van der Waals surface area contributed by atoms with Gasteiger partial charge in [-0.15, -0.1) is 0 Å². The van der Waals surface area contributed by atoms with Crippen molar-refractivity contribution in [2.24, 2.45) is 0 Å². The molecule has 0 aliphatic carbocycles. The second kappa shape index (κ2) is 3.27. The summed E-state index contributed by atoms with van der Waals surface area (Å²) in [4.78, 5) is 0. The van der Waals surface area contributed by atoms with Crippen LogP contribution in [0.1, 0.15) is 0 Å². The molecule has 0 heterocycles. The van der Waals surface area contributed by atoms with Crippen molar-refractivity contribution in [2.75, 3.05) is 0 Å². The fraction of sp³-hybridized carbons (Fsp3) is 0. The fourth-order valence-corrected chi connectivity index (χ4v) is 2.04. The van der Waals surface area contributed by atoms with E-state index in [2.05, 4.69) is 0 Å². The molecule has 0 radical (unpaired) electrons. The average Bonchev–Trinajstić information content (AvgIpc) is 2.29. The Hall–Kier alpha value is -1.96. The smallest absolute Gasteiger partial charge is 0.131 e. The fourth-order valence-electron chi connectivity index (χ4n) is 2.04. The van der Waals surface area contributed by atoms with Gasteiger partial charge in [-0.05, 0) is 34.4 Å². The average molecular weight is 214 g/mol. The van der Waals surface area contributed by atoms with Gasteiger partial charge in [0.05, 0.1) is 0 Å². The van der Waals surface area contributed by atoms with Crippen LogP contribution in [-0.2, 0) is 0 Å². The molecule has 0 saturated heterocycles. The van der Waals surface area contributed by atoms with Crippen LogP contribution < -0.4 is 0 Å². The van der Waals surface area contributed by atoms with Gasteiger partial charge in [-0.1, -0.05) is 30.3 Å². The molecule has 3 aromatic rings. The third-order valence-electron chi connectivity index (χ3n) is 2.77. The van der Waals surface area contributed by atoms with Gasteiger partial charge in [-0.25, -0.2) is 8.78 Å². The summed E-state index contributed by atoms with van der Waals surface area (Å²) < 4.78 is 26.8. The first-order valence-electron chi connectivity index (χ1n) is 5.02. The SMILES string of the molecule is Fc1ccc2c(c1)cc(F)c1ccccc12. The van der Waals surface area contributed by atoms with Crippen LogP contribution in [0.4, 0.5) is 8.78 Å². The Morgan fingerprint density at radius 3 is 2.25 bits per heavy atom. The van der Waals surface area contributed by atoms with Gasteiger partial charge in [0.1, 0.15) is 11.6 Å². The summed E-state index contributed by atoms with van der Waals surface area (Å²) in [5, 5.41) is 2.86. The standard InChI is InChI=1S/C14H8F2/c15-10-5-6-11-9(7-10)8-14(16)13-4-2-1-3-12(11)13/h1-8H. The van der Waals surface area contributed by atoms with E-state index < -0.39 is 0 Å². The molecule has 0 saturated carbocycles. The molecule has 0 spiro atoms. The van der Waals surface area contributed by atoms with E-state index in [1.54, 1.807) is 18.2 Å². The van der Waals surface area contributed by atoms with Crippen LogP contribution in [0.2, 0.25) is 0 Å². The zero-order valence-electron chi connectivity index (χ0n) is 8.37. The molecule has 0 amide bonds. The summed E-state index contributed by atoms with van der Waals surface area (Å²) in [5.41, 5.74) is 0. The van der Waals surface area contributed by atoms with E-state index in [0.717, 1.165) is 10.8 Å². The number of fused-ring (bicyclic) bond motifs is 3. The van der Waals surface area contributed by atoms with E-state index in [0.29, 0.717) is 10.8 Å². The van der Waals surface area contributed by atoms with Crippen molar-refractivity contribution in [3.8, 4) is 0 Å². The Labute approximate surface area is 91.1 Å². The minimum atomic E-state index is -0.345. The lowest BCUT2D eigenvalue weighted by molar-refractivity contribution is 0.628. The maximum Gasteiger partial charge on any atom is 0.131 e. The van der Waals surface area contributed by atoms with Crippen molar-refractivity contribution in [3.05, 3.63) is 60.2 Å². The predicted octanol–water partition coefficient (Wildman–Crippen LogP) is 4.27. The van der Waals surface area contributed by atoms with Gasteiger partial charge >= 0.3 is 0 Å². The number of halogens is 2. The number of hydrogen-bond acceptors (Lipinski definition) is 0. The number of rotatable bonds is 0. The first kappa shape index (κ1) is 9.28. The van der Waals surface area contributed by atoms with Crippen molar-refractivity contribution >= 4 is 21.5 Å². The normalized spacial score (nSPS) is 11.1. The molecule has 16 heavy (non-hydrogen) atoms. The first-order valence-corrected chi connectivity index (χ1v) is 5.02. The maximum absolute atomic E-state index is 13.7. The highest BCUT2D eigenvalue weighted by molar-refractivity contribution is 6.07. The third-order valence-corrected chi connectivity index (χ3v) is 2.77. The molecule has 0 atom stereocenters. The lowest BCUT2D eigenvalue weighted by atomic mass is 10.0. The largest absolute Gasteiger partial charge is 0.207 e. The zero-order valence-corrected chi connectivity index (χ0v) is 8.37. The van der Waals surface area contributed by atoms with Crippen molar-refractivity contribution in [1.29, 1.82) is 0 Å². The molecule has 0 unspecified atom stereocenters. The van der Waals surface area contributed by atoms with Crippen molar-refractivity contribution < 1.29 is 8.78 Å². The lowest BCUT2D eigenvalue weighted by Gasteiger charge is -2.05. The number of hydrogen-bond donors (Lipinski definition) is 0. The van der Waals surface area contributed by atoms with Crippen LogP contribution in [-0.4, -0.2) is 0 Å². The van der Waals surface area contributed by atoms with Crippen LogP contribution in [0, 0.1) is 11.6 Å². The van der Waals surface area contributed by atoms with Gasteiger partial charge in [-0.2, -0.15) is 0 Å². The summed E-state index contributed by atoms with van der Waals surface area (Å²) in [5.74, 6) is -0.657. The highest BCUT2D eigenvalue weighted by atomic mass is 19.1. The first-order chi connectivity index (χ1) is 7.75. The number of benzene rings is 3. The third kappa shape index (κ3) is 1.27. The van der Waals surface area contributed by atoms with E-state index in [1.807, 2.05) is 12.1 Å². The Morgan fingerprint density at radius 2 is 1.44 bits per heavy atom. The molecule has 0 aromatic heterocycles. The zero-order chi connectivity index (χ0) is 11.1. The highest BCUT2D eigenvalue weighted by Crippen LogP contribution is 2.28. The second-order valence-electron chi connectivity index (χ2n) is 3.77. The van der Waals surface area contributed by atoms with E-state index in [1.165, 1.54) is 18.2 Å². The van der Waals surface area contributed by atoms with E-state index >= 15 is 0 Å². The van der Waals surface area contributed by atoms with Gasteiger partial charge in [-0.3, -0.25) is 0 Å². The Bertz CT molecular complexity index is 687. The summed E-state index contributed by atoms with van der Waals surface area (Å²) in [7, 11) is 0. The summed E-state index contributed by atoms with van der Waals surface area (Å²) in [6.45, 7) is 0. The summed E-state index contributed by atoms with van der Waals surface area (Å²) >= 11 is 0. The van der Waals surface area contributed by atoms with Crippen LogP contribution in [0.15, 0.2) is 48.5 Å². The van der Waals surface area contributed by atoms with Crippen molar-refractivity contribution in [1.82, 2.24) is 0 Å². The van der Waals surface area contributed by atoms with Crippen LogP contribution in [0.5, 0.6) is 0 Å². The van der Waals surface area contributed by atoms with Crippen molar-refractivity contribution in [3.63, 3.8) is 0 Å². The molecule has 2 heteroatoms. The molecule has 0 fully saturated rings. The van der Waals surface area contributed by atoms with Gasteiger partial charge in [0.25, 0.3) is 0 Å². The lowest BCUT2D eigenvalue weighted by Crippen LogP contribution is -1.84. The predicted molar refractivity (Wildman–Crippen MR) is 61.4 cm³/mol. The molecule has 0 aliphatic heterocycles.